The fraction of sp³-hybridized carbons (Fsp3) is 0.444. The maximum Gasteiger partial charge on any atom is 0.0757 e. The second-order valence-corrected chi connectivity index (χ2v) is 3.18. The number of hydrogen-bond acceptors (Lipinski definition) is 2. The van der Waals surface area contributed by atoms with Crippen molar-refractivity contribution in [2.45, 2.75) is 18.2 Å². The Labute approximate surface area is 77.8 Å². The Hall–Kier alpha value is -0.600. The van der Waals surface area contributed by atoms with E-state index in [0.717, 1.165) is 18.5 Å². The minimum Gasteiger partial charge on any atom is -0.330 e. The summed E-state index contributed by atoms with van der Waals surface area (Å²) in [7, 11) is 0. The van der Waals surface area contributed by atoms with Crippen molar-refractivity contribution < 1.29 is 0 Å². The Morgan fingerprint density at radius 2 is 2.33 bits per heavy atom. The van der Waals surface area contributed by atoms with Gasteiger partial charge in [0.2, 0.25) is 0 Å². The fourth-order valence-corrected chi connectivity index (χ4v) is 1.29. The second kappa shape index (κ2) is 5.12. The van der Waals surface area contributed by atoms with E-state index in [2.05, 4.69) is 4.98 Å². The highest BCUT2D eigenvalue weighted by atomic mass is 35.5. The molecule has 1 aromatic rings. The van der Waals surface area contributed by atoms with Crippen LogP contribution in [0, 0.1) is 0 Å². The molecule has 1 rings (SSSR count). The van der Waals surface area contributed by atoms with Gasteiger partial charge in [-0.15, -0.1) is 11.6 Å². The van der Waals surface area contributed by atoms with Crippen LogP contribution in [0.4, 0.5) is 0 Å². The largest absolute Gasteiger partial charge is 0.330 e. The van der Waals surface area contributed by atoms with Crippen LogP contribution < -0.4 is 5.73 Å². The van der Waals surface area contributed by atoms with Crippen LogP contribution >= 0.6 is 11.6 Å². The molecule has 0 radical (unpaired) electrons. The Kier molecular flexibility index (Phi) is 4.05. The van der Waals surface area contributed by atoms with E-state index in [9.17, 15) is 0 Å². The molecule has 2 N–H and O–H groups in total. The summed E-state index contributed by atoms with van der Waals surface area (Å²) in [6.45, 7) is 0.691. The van der Waals surface area contributed by atoms with Gasteiger partial charge in [0.25, 0.3) is 0 Å². The van der Waals surface area contributed by atoms with Crippen molar-refractivity contribution in [3.8, 4) is 0 Å². The van der Waals surface area contributed by atoms with Crippen molar-refractivity contribution in [3.05, 3.63) is 30.1 Å². The van der Waals surface area contributed by atoms with Gasteiger partial charge in [0.05, 0.1) is 11.1 Å². The number of hydrogen-bond donors (Lipinski definition) is 1. The van der Waals surface area contributed by atoms with Crippen LogP contribution in [0.1, 0.15) is 23.9 Å². The molecule has 0 saturated heterocycles. The Morgan fingerprint density at radius 1 is 1.50 bits per heavy atom. The van der Waals surface area contributed by atoms with E-state index in [0.29, 0.717) is 6.54 Å². The molecule has 0 fully saturated rings. The second-order valence-electron chi connectivity index (χ2n) is 2.65. The maximum absolute atomic E-state index is 6.07. The maximum atomic E-state index is 6.07. The number of alkyl halides is 1. The first-order valence-electron chi connectivity index (χ1n) is 4.09. The van der Waals surface area contributed by atoms with Crippen molar-refractivity contribution in [1.29, 1.82) is 0 Å². The Morgan fingerprint density at radius 3 is 2.92 bits per heavy atom. The predicted molar refractivity (Wildman–Crippen MR) is 51.1 cm³/mol. The van der Waals surface area contributed by atoms with Crippen LogP contribution in [0.3, 0.4) is 0 Å². The van der Waals surface area contributed by atoms with E-state index >= 15 is 0 Å². The number of nitrogens with two attached hydrogens (primary N) is 1. The number of aromatic nitrogens is 1. The van der Waals surface area contributed by atoms with Crippen molar-refractivity contribution in [3.63, 3.8) is 0 Å². The quantitative estimate of drug-likeness (QED) is 0.728. The smallest absolute Gasteiger partial charge is 0.0757 e. The van der Waals surface area contributed by atoms with Crippen LogP contribution in [0.25, 0.3) is 0 Å². The fourth-order valence-electron chi connectivity index (χ4n) is 1.01. The standard InChI is InChI=1S/C9H13ClN2/c10-8(4-3-6-11)9-5-1-2-7-12-9/h1-2,5,7-8H,3-4,6,11H2. The van der Waals surface area contributed by atoms with E-state index in [4.69, 9.17) is 17.3 Å². The highest BCUT2D eigenvalue weighted by molar-refractivity contribution is 6.20. The number of pyridine rings is 1. The summed E-state index contributed by atoms with van der Waals surface area (Å²) in [5.41, 5.74) is 6.31. The average Bonchev–Trinajstić information content (AvgIpc) is 2.15. The van der Waals surface area contributed by atoms with Crippen LogP contribution in [-0.2, 0) is 0 Å². The van der Waals surface area contributed by atoms with Gasteiger partial charge in [-0.25, -0.2) is 0 Å². The van der Waals surface area contributed by atoms with Gasteiger partial charge in [-0.05, 0) is 31.5 Å². The summed E-state index contributed by atoms with van der Waals surface area (Å²) in [5.74, 6) is 0. The first-order chi connectivity index (χ1) is 5.84. The van der Waals surface area contributed by atoms with Gasteiger partial charge >= 0.3 is 0 Å². The summed E-state index contributed by atoms with van der Waals surface area (Å²) in [5, 5.41) is 0.00903. The number of halogens is 1. The van der Waals surface area contributed by atoms with Crippen molar-refractivity contribution in [2.24, 2.45) is 5.73 Å². The summed E-state index contributed by atoms with van der Waals surface area (Å²) >= 11 is 6.07. The molecule has 0 aliphatic carbocycles. The summed E-state index contributed by atoms with van der Waals surface area (Å²) in [6.07, 6.45) is 3.60. The molecular formula is C9H13ClN2. The third-order valence-electron chi connectivity index (χ3n) is 1.67. The molecule has 0 aliphatic heterocycles. The van der Waals surface area contributed by atoms with Gasteiger partial charge in [-0.2, -0.15) is 0 Å². The monoisotopic (exact) mass is 184 g/mol. The summed E-state index contributed by atoms with van der Waals surface area (Å²) < 4.78 is 0. The Bertz CT molecular complexity index is 213. The third-order valence-corrected chi connectivity index (χ3v) is 2.11. The lowest BCUT2D eigenvalue weighted by Gasteiger charge is -2.06. The SMILES string of the molecule is NCCCC(Cl)c1ccccn1. The highest BCUT2D eigenvalue weighted by Crippen LogP contribution is 2.22. The van der Waals surface area contributed by atoms with Crippen LogP contribution in [-0.4, -0.2) is 11.5 Å². The minimum atomic E-state index is 0.00903. The molecule has 2 nitrogen and oxygen atoms in total. The highest BCUT2D eigenvalue weighted by Gasteiger charge is 2.06. The molecule has 0 aliphatic rings. The van der Waals surface area contributed by atoms with Crippen LogP contribution in [0.15, 0.2) is 24.4 Å². The van der Waals surface area contributed by atoms with Crippen LogP contribution in [0.5, 0.6) is 0 Å². The van der Waals surface area contributed by atoms with Crippen molar-refractivity contribution in [1.82, 2.24) is 4.98 Å². The molecule has 0 spiro atoms. The summed E-state index contributed by atoms with van der Waals surface area (Å²) in [4.78, 5) is 4.16. The third kappa shape index (κ3) is 2.80. The first-order valence-corrected chi connectivity index (χ1v) is 4.53. The Balaban J connectivity index is 2.48. The molecular weight excluding hydrogens is 172 g/mol. The molecule has 1 aromatic heterocycles. The molecule has 1 atom stereocenters. The zero-order chi connectivity index (χ0) is 8.81. The molecule has 12 heavy (non-hydrogen) atoms. The zero-order valence-corrected chi connectivity index (χ0v) is 7.67. The van der Waals surface area contributed by atoms with E-state index in [1.807, 2.05) is 18.2 Å². The molecule has 1 unspecified atom stereocenters. The molecule has 3 heteroatoms. The van der Waals surface area contributed by atoms with Crippen molar-refractivity contribution in [2.75, 3.05) is 6.54 Å². The van der Waals surface area contributed by atoms with E-state index < -0.39 is 0 Å². The van der Waals surface area contributed by atoms with Gasteiger partial charge in [0.1, 0.15) is 0 Å². The van der Waals surface area contributed by atoms with Gasteiger partial charge in [0, 0.05) is 6.20 Å². The number of nitrogens with zero attached hydrogens (tertiary/aromatic N) is 1. The van der Waals surface area contributed by atoms with Gasteiger partial charge < -0.3 is 5.73 Å². The average molecular weight is 185 g/mol. The van der Waals surface area contributed by atoms with Crippen molar-refractivity contribution >= 4 is 11.6 Å². The van der Waals surface area contributed by atoms with E-state index in [-0.39, 0.29) is 5.38 Å². The zero-order valence-electron chi connectivity index (χ0n) is 6.91. The molecule has 0 bridgehead atoms. The molecule has 0 aromatic carbocycles. The minimum absolute atomic E-state index is 0.00903. The first kappa shape index (κ1) is 9.49. The number of rotatable bonds is 4. The normalized spacial score (nSPS) is 12.8. The van der Waals surface area contributed by atoms with Gasteiger partial charge in [0.15, 0.2) is 0 Å². The molecule has 66 valence electrons. The van der Waals surface area contributed by atoms with Crippen LogP contribution in [0.2, 0.25) is 0 Å². The molecule has 0 saturated carbocycles. The lowest BCUT2D eigenvalue weighted by Crippen LogP contribution is -2.01. The molecule has 1 heterocycles. The molecule has 0 amide bonds. The van der Waals surface area contributed by atoms with E-state index in [1.54, 1.807) is 6.20 Å². The van der Waals surface area contributed by atoms with Gasteiger partial charge in [-0.1, -0.05) is 6.07 Å². The lowest BCUT2D eigenvalue weighted by atomic mass is 10.2. The summed E-state index contributed by atoms with van der Waals surface area (Å²) in [6, 6.07) is 5.77. The lowest BCUT2D eigenvalue weighted by molar-refractivity contribution is 0.713. The van der Waals surface area contributed by atoms with E-state index in [1.165, 1.54) is 0 Å². The van der Waals surface area contributed by atoms with Gasteiger partial charge in [-0.3, -0.25) is 4.98 Å². The predicted octanol–water partition coefficient (Wildman–Crippen LogP) is 2.10. The topological polar surface area (TPSA) is 38.9 Å².